The van der Waals surface area contributed by atoms with Crippen molar-refractivity contribution < 1.29 is 19.4 Å². The molecule has 6 heteroatoms. The van der Waals surface area contributed by atoms with E-state index < -0.39 is 16.9 Å². The van der Waals surface area contributed by atoms with Gasteiger partial charge in [-0.15, -0.1) is 0 Å². The van der Waals surface area contributed by atoms with Gasteiger partial charge in [0.1, 0.15) is 0 Å². The van der Waals surface area contributed by atoms with Crippen LogP contribution in [-0.2, 0) is 9.53 Å². The zero-order chi connectivity index (χ0) is 16.1. The van der Waals surface area contributed by atoms with E-state index in [0.717, 1.165) is 18.9 Å². The Morgan fingerprint density at radius 2 is 1.86 bits per heavy atom. The molecule has 0 aromatic rings. The number of urea groups is 1. The molecule has 0 atom stereocenters. The van der Waals surface area contributed by atoms with E-state index in [1.807, 2.05) is 0 Å². The van der Waals surface area contributed by atoms with Crippen LogP contribution in [0.2, 0.25) is 0 Å². The highest BCUT2D eigenvalue weighted by Gasteiger charge is 2.44. The Hall–Kier alpha value is -1.30. The summed E-state index contributed by atoms with van der Waals surface area (Å²) in [6.45, 7) is 8.59. The number of hydrogen-bond donors (Lipinski definition) is 3. The third-order valence-electron chi connectivity index (χ3n) is 4.32. The fourth-order valence-electron chi connectivity index (χ4n) is 1.66. The van der Waals surface area contributed by atoms with Crippen LogP contribution in [0.15, 0.2) is 0 Å². The predicted molar refractivity (Wildman–Crippen MR) is 80.2 cm³/mol. The summed E-state index contributed by atoms with van der Waals surface area (Å²) in [4.78, 5) is 23.1. The molecular formula is C15H28N2O4. The van der Waals surface area contributed by atoms with Crippen molar-refractivity contribution in [1.82, 2.24) is 10.6 Å². The number of ether oxygens (including phenoxy) is 1. The van der Waals surface area contributed by atoms with Gasteiger partial charge in [0.15, 0.2) is 0 Å². The third kappa shape index (κ3) is 5.53. The lowest BCUT2D eigenvalue weighted by molar-refractivity contribution is -0.150. The number of rotatable bonds is 9. The first-order chi connectivity index (χ1) is 9.67. The molecule has 0 spiro atoms. The Bertz CT molecular complexity index is 376. The summed E-state index contributed by atoms with van der Waals surface area (Å²) < 4.78 is 5.48. The minimum absolute atomic E-state index is 0.350. The van der Waals surface area contributed by atoms with E-state index >= 15 is 0 Å². The Labute approximate surface area is 126 Å². The van der Waals surface area contributed by atoms with E-state index in [4.69, 9.17) is 4.74 Å². The quantitative estimate of drug-likeness (QED) is 0.568. The fraction of sp³-hybridized carbons (Fsp3) is 0.867. The topological polar surface area (TPSA) is 87.7 Å². The summed E-state index contributed by atoms with van der Waals surface area (Å²) in [5.41, 5.74) is -1.91. The molecule has 0 unspecified atom stereocenters. The van der Waals surface area contributed by atoms with Crippen LogP contribution >= 0.6 is 0 Å². The smallest absolute Gasteiger partial charge is 0.315 e. The van der Waals surface area contributed by atoms with Crippen LogP contribution in [0.3, 0.4) is 0 Å². The van der Waals surface area contributed by atoms with E-state index in [9.17, 15) is 14.7 Å². The lowest BCUT2D eigenvalue weighted by Gasteiger charge is -2.38. The average molecular weight is 300 g/mol. The van der Waals surface area contributed by atoms with Gasteiger partial charge in [-0.05, 0) is 52.9 Å². The Balaban J connectivity index is 2.20. The third-order valence-corrected chi connectivity index (χ3v) is 4.32. The molecular weight excluding hydrogens is 272 g/mol. The second kappa shape index (κ2) is 7.11. The summed E-state index contributed by atoms with van der Waals surface area (Å²) in [7, 11) is 0. The van der Waals surface area contributed by atoms with Crippen molar-refractivity contribution >= 4 is 12.0 Å². The highest BCUT2D eigenvalue weighted by Crippen LogP contribution is 2.30. The Morgan fingerprint density at radius 3 is 2.38 bits per heavy atom. The van der Waals surface area contributed by atoms with Crippen LogP contribution in [0.4, 0.5) is 4.79 Å². The molecule has 1 rings (SSSR count). The average Bonchev–Trinajstić information content (AvgIpc) is 3.16. The molecule has 0 radical (unpaired) electrons. The van der Waals surface area contributed by atoms with Gasteiger partial charge in [-0.25, -0.2) is 4.79 Å². The van der Waals surface area contributed by atoms with Crippen molar-refractivity contribution in [3.05, 3.63) is 0 Å². The summed E-state index contributed by atoms with van der Waals surface area (Å²) in [6, 6.07) is -0.350. The van der Waals surface area contributed by atoms with Gasteiger partial charge in [0.25, 0.3) is 0 Å². The van der Waals surface area contributed by atoms with Crippen LogP contribution in [0, 0.1) is 11.3 Å². The molecule has 1 aliphatic carbocycles. The number of nitrogens with one attached hydrogen (secondary N) is 2. The second-order valence-electron chi connectivity index (χ2n) is 6.81. The lowest BCUT2D eigenvalue weighted by atomic mass is 9.74. The number of aliphatic carboxylic acids is 1. The molecule has 0 heterocycles. The number of carboxylic acid groups (broad SMARTS) is 1. The molecule has 0 bridgehead atoms. The monoisotopic (exact) mass is 300 g/mol. The van der Waals surface area contributed by atoms with Gasteiger partial charge in [-0.3, -0.25) is 4.79 Å². The maximum atomic E-state index is 11.8. The van der Waals surface area contributed by atoms with E-state index in [1.165, 1.54) is 12.8 Å². The molecule has 6 nitrogen and oxygen atoms in total. The van der Waals surface area contributed by atoms with Gasteiger partial charge < -0.3 is 20.5 Å². The molecule has 3 N–H and O–H groups in total. The van der Waals surface area contributed by atoms with Crippen LogP contribution in [0.25, 0.3) is 0 Å². The number of carbonyl (C=O) groups is 2. The Kier molecular flexibility index (Phi) is 6.01. The molecule has 0 aromatic carbocycles. The number of hydrogen-bond acceptors (Lipinski definition) is 3. The highest BCUT2D eigenvalue weighted by atomic mass is 16.5. The molecule has 1 saturated carbocycles. The van der Waals surface area contributed by atoms with E-state index in [-0.39, 0.29) is 6.03 Å². The van der Waals surface area contributed by atoms with Gasteiger partial charge in [0.2, 0.25) is 0 Å². The number of amides is 2. The fourth-order valence-corrected chi connectivity index (χ4v) is 1.66. The maximum Gasteiger partial charge on any atom is 0.315 e. The minimum atomic E-state index is -1.06. The lowest BCUT2D eigenvalue weighted by Crippen LogP contribution is -2.59. The van der Waals surface area contributed by atoms with Crippen molar-refractivity contribution in [3.63, 3.8) is 0 Å². The largest absolute Gasteiger partial charge is 0.481 e. The normalized spacial score (nSPS) is 15.6. The van der Waals surface area contributed by atoms with E-state index in [1.54, 1.807) is 27.7 Å². The summed E-state index contributed by atoms with van der Waals surface area (Å²) in [5, 5.41) is 14.7. The molecule has 0 aliphatic heterocycles. The van der Waals surface area contributed by atoms with Crippen molar-refractivity contribution in [1.29, 1.82) is 0 Å². The molecule has 0 saturated heterocycles. The minimum Gasteiger partial charge on any atom is -0.481 e. The van der Waals surface area contributed by atoms with Crippen LogP contribution in [0.5, 0.6) is 0 Å². The van der Waals surface area contributed by atoms with E-state index in [2.05, 4.69) is 10.6 Å². The molecule has 2 amide bonds. The van der Waals surface area contributed by atoms with Gasteiger partial charge in [0.05, 0.1) is 11.0 Å². The van der Waals surface area contributed by atoms with Gasteiger partial charge in [0, 0.05) is 19.8 Å². The molecule has 1 fully saturated rings. The van der Waals surface area contributed by atoms with Crippen LogP contribution < -0.4 is 10.6 Å². The van der Waals surface area contributed by atoms with Crippen molar-refractivity contribution in [3.8, 4) is 0 Å². The van der Waals surface area contributed by atoms with Gasteiger partial charge >= 0.3 is 12.0 Å². The summed E-state index contributed by atoms with van der Waals surface area (Å²) in [5.74, 6) is -0.193. The zero-order valence-corrected chi connectivity index (χ0v) is 13.5. The van der Waals surface area contributed by atoms with Crippen molar-refractivity contribution in [2.75, 3.05) is 19.8 Å². The molecule has 1 aliphatic rings. The van der Waals surface area contributed by atoms with Gasteiger partial charge in [-0.2, -0.15) is 0 Å². The van der Waals surface area contributed by atoms with Crippen molar-refractivity contribution in [2.45, 2.75) is 52.5 Å². The summed E-state index contributed by atoms with van der Waals surface area (Å²) in [6.07, 6.45) is 3.30. The zero-order valence-electron chi connectivity index (χ0n) is 13.5. The second-order valence-corrected chi connectivity index (χ2v) is 6.81. The van der Waals surface area contributed by atoms with Crippen LogP contribution in [0.1, 0.15) is 47.0 Å². The highest BCUT2D eigenvalue weighted by molar-refractivity contribution is 5.79. The van der Waals surface area contributed by atoms with Gasteiger partial charge in [-0.1, -0.05) is 0 Å². The first-order valence-corrected chi connectivity index (χ1v) is 7.54. The first-order valence-electron chi connectivity index (χ1n) is 7.54. The standard InChI is InChI=1S/C15H28N2O4/c1-14(2,12(18)19)15(3,4)17-13(20)16-8-5-9-21-10-11-6-7-11/h11H,5-10H2,1-4H3,(H,18,19)(H2,16,17,20). The Morgan fingerprint density at radius 1 is 1.24 bits per heavy atom. The predicted octanol–water partition coefficient (Wildman–Crippen LogP) is 1.99. The number of carboxylic acids is 1. The summed E-state index contributed by atoms with van der Waals surface area (Å²) >= 11 is 0. The molecule has 122 valence electrons. The van der Waals surface area contributed by atoms with Crippen molar-refractivity contribution in [2.24, 2.45) is 11.3 Å². The SMILES string of the molecule is CC(C)(NC(=O)NCCCOCC1CC1)C(C)(C)C(=O)O. The molecule has 21 heavy (non-hydrogen) atoms. The van der Waals surface area contributed by atoms with Crippen LogP contribution in [-0.4, -0.2) is 42.4 Å². The number of carbonyl (C=O) groups excluding carboxylic acids is 1. The molecule has 0 aromatic heterocycles. The maximum absolute atomic E-state index is 11.8. The first kappa shape index (κ1) is 17.8. The van der Waals surface area contributed by atoms with E-state index in [0.29, 0.717) is 13.2 Å².